The van der Waals surface area contributed by atoms with Crippen molar-refractivity contribution < 1.29 is 0 Å². The van der Waals surface area contributed by atoms with E-state index < -0.39 is 0 Å². The molecule has 2 rings (SSSR count). The molecule has 0 aliphatic heterocycles. The van der Waals surface area contributed by atoms with Crippen molar-refractivity contribution in [1.82, 2.24) is 4.98 Å². The van der Waals surface area contributed by atoms with Gasteiger partial charge in [-0.25, -0.2) is 4.98 Å². The van der Waals surface area contributed by atoms with Gasteiger partial charge >= 0.3 is 0 Å². The molecule has 0 atom stereocenters. The molecule has 1 aromatic heterocycles. The number of nitrogens with zero attached hydrogens (tertiary/aromatic N) is 2. The van der Waals surface area contributed by atoms with Crippen LogP contribution in [0.25, 0.3) is 0 Å². The third-order valence-electron chi connectivity index (χ3n) is 3.13. The lowest BCUT2D eigenvalue weighted by molar-refractivity contribution is 0.603. The predicted octanol–water partition coefficient (Wildman–Crippen LogP) is 3.53. The molecular formula is C15H25N3. The van der Waals surface area contributed by atoms with Gasteiger partial charge in [0.05, 0.1) is 0 Å². The van der Waals surface area contributed by atoms with E-state index in [2.05, 4.69) is 49.2 Å². The summed E-state index contributed by atoms with van der Waals surface area (Å²) >= 11 is 0. The Bertz CT molecular complexity index is 372. The smallest absolute Gasteiger partial charge is 0.131 e. The minimum absolute atomic E-state index is 0.680. The van der Waals surface area contributed by atoms with Gasteiger partial charge in [0.15, 0.2) is 0 Å². The Morgan fingerprint density at radius 3 is 2.78 bits per heavy atom. The molecule has 1 aliphatic rings. The monoisotopic (exact) mass is 247 g/mol. The van der Waals surface area contributed by atoms with Crippen molar-refractivity contribution in [2.75, 3.05) is 23.3 Å². The molecule has 3 nitrogen and oxygen atoms in total. The second-order valence-electron chi connectivity index (χ2n) is 5.59. The molecule has 18 heavy (non-hydrogen) atoms. The lowest BCUT2D eigenvalue weighted by Crippen LogP contribution is -2.30. The predicted molar refractivity (Wildman–Crippen MR) is 78.2 cm³/mol. The number of hydrogen-bond acceptors (Lipinski definition) is 3. The van der Waals surface area contributed by atoms with Gasteiger partial charge in [-0.2, -0.15) is 0 Å². The molecule has 0 unspecified atom stereocenters. The minimum Gasteiger partial charge on any atom is -0.370 e. The molecule has 1 N–H and O–H groups in total. The Morgan fingerprint density at radius 2 is 2.17 bits per heavy atom. The quantitative estimate of drug-likeness (QED) is 0.799. The fraction of sp³-hybridized carbons (Fsp3) is 0.667. The maximum Gasteiger partial charge on any atom is 0.131 e. The second kappa shape index (κ2) is 6.07. The summed E-state index contributed by atoms with van der Waals surface area (Å²) in [5.74, 6) is 2.82. The van der Waals surface area contributed by atoms with Crippen molar-refractivity contribution in [3.63, 3.8) is 0 Å². The zero-order valence-electron chi connectivity index (χ0n) is 11.8. The van der Waals surface area contributed by atoms with Gasteiger partial charge in [0.2, 0.25) is 0 Å². The third kappa shape index (κ3) is 3.62. The zero-order valence-corrected chi connectivity index (χ0v) is 11.8. The van der Waals surface area contributed by atoms with Gasteiger partial charge in [-0.15, -0.1) is 0 Å². The molecule has 1 aliphatic carbocycles. The lowest BCUT2D eigenvalue weighted by Gasteiger charge is -2.26. The molecule has 0 aromatic carbocycles. The summed E-state index contributed by atoms with van der Waals surface area (Å²) in [5, 5.41) is 3.36. The highest BCUT2D eigenvalue weighted by Gasteiger charge is 2.30. The summed E-state index contributed by atoms with van der Waals surface area (Å²) in [4.78, 5) is 7.21. The van der Waals surface area contributed by atoms with Crippen LogP contribution in [0.5, 0.6) is 0 Å². The first-order valence-electron chi connectivity index (χ1n) is 7.18. The average molecular weight is 247 g/mol. The number of anilines is 2. The highest BCUT2D eigenvalue weighted by atomic mass is 15.2. The molecule has 0 bridgehead atoms. The molecule has 0 amide bonds. The summed E-state index contributed by atoms with van der Waals surface area (Å²) < 4.78 is 0. The molecule has 100 valence electrons. The molecule has 3 heteroatoms. The maximum absolute atomic E-state index is 4.74. The van der Waals surface area contributed by atoms with Crippen LogP contribution in [0.15, 0.2) is 18.2 Å². The highest BCUT2D eigenvalue weighted by Crippen LogP contribution is 2.31. The summed E-state index contributed by atoms with van der Waals surface area (Å²) in [5.41, 5.74) is 0. The molecule has 0 radical (unpaired) electrons. The van der Waals surface area contributed by atoms with Crippen molar-refractivity contribution in [3.05, 3.63) is 18.2 Å². The van der Waals surface area contributed by atoms with Gasteiger partial charge < -0.3 is 10.2 Å². The van der Waals surface area contributed by atoms with E-state index >= 15 is 0 Å². The Labute approximate surface area is 111 Å². The van der Waals surface area contributed by atoms with Crippen LogP contribution in [-0.4, -0.2) is 24.1 Å². The van der Waals surface area contributed by atoms with Crippen LogP contribution < -0.4 is 10.2 Å². The fourth-order valence-electron chi connectivity index (χ4n) is 2.14. The number of nitrogens with one attached hydrogen (secondary N) is 1. The van der Waals surface area contributed by atoms with Crippen molar-refractivity contribution in [2.24, 2.45) is 5.92 Å². The molecule has 1 heterocycles. The van der Waals surface area contributed by atoms with Gasteiger partial charge in [-0.3, -0.25) is 0 Å². The molecule has 1 fully saturated rings. The maximum atomic E-state index is 4.74. The van der Waals surface area contributed by atoms with Crippen LogP contribution in [0.3, 0.4) is 0 Å². The first-order valence-corrected chi connectivity index (χ1v) is 7.18. The van der Waals surface area contributed by atoms with Crippen LogP contribution in [0.1, 0.15) is 40.0 Å². The van der Waals surface area contributed by atoms with Crippen LogP contribution >= 0.6 is 0 Å². The SMILES string of the molecule is CCCNc1cccc(N(CC(C)C)C2CC2)n1. The van der Waals surface area contributed by atoms with E-state index in [9.17, 15) is 0 Å². The van der Waals surface area contributed by atoms with Crippen LogP contribution in [0.2, 0.25) is 0 Å². The molecule has 0 saturated heterocycles. The van der Waals surface area contributed by atoms with Crippen molar-refractivity contribution in [3.8, 4) is 0 Å². The molecule has 1 saturated carbocycles. The molecule has 1 aromatic rings. The Morgan fingerprint density at radius 1 is 1.39 bits per heavy atom. The number of pyridine rings is 1. The first kappa shape index (κ1) is 13.2. The van der Waals surface area contributed by atoms with Crippen LogP contribution in [0.4, 0.5) is 11.6 Å². The van der Waals surface area contributed by atoms with E-state index in [1.807, 2.05) is 0 Å². The largest absolute Gasteiger partial charge is 0.370 e. The number of aromatic nitrogens is 1. The standard InChI is InChI=1S/C15H25N3/c1-4-10-16-14-6-5-7-15(17-14)18(11-12(2)3)13-8-9-13/h5-7,12-13H,4,8-11H2,1-3H3,(H,16,17). The number of hydrogen-bond donors (Lipinski definition) is 1. The average Bonchev–Trinajstić information content (AvgIpc) is 3.18. The zero-order chi connectivity index (χ0) is 13.0. The van der Waals surface area contributed by atoms with Crippen LogP contribution in [0, 0.1) is 5.92 Å². The van der Waals surface area contributed by atoms with Gasteiger partial charge in [-0.1, -0.05) is 26.8 Å². The number of rotatable bonds is 7. The van der Waals surface area contributed by atoms with Crippen molar-refractivity contribution in [2.45, 2.75) is 46.1 Å². The normalized spacial score (nSPS) is 14.9. The van der Waals surface area contributed by atoms with E-state index in [0.29, 0.717) is 5.92 Å². The van der Waals surface area contributed by atoms with Gasteiger partial charge in [-0.05, 0) is 37.3 Å². The third-order valence-corrected chi connectivity index (χ3v) is 3.13. The first-order chi connectivity index (χ1) is 8.70. The van der Waals surface area contributed by atoms with E-state index in [4.69, 9.17) is 4.98 Å². The summed E-state index contributed by atoms with van der Waals surface area (Å²) in [6, 6.07) is 7.02. The second-order valence-corrected chi connectivity index (χ2v) is 5.59. The van der Waals surface area contributed by atoms with E-state index in [1.165, 1.54) is 12.8 Å². The van der Waals surface area contributed by atoms with E-state index in [-0.39, 0.29) is 0 Å². The highest BCUT2D eigenvalue weighted by molar-refractivity contribution is 5.48. The van der Waals surface area contributed by atoms with Gasteiger partial charge in [0.1, 0.15) is 11.6 Å². The van der Waals surface area contributed by atoms with Crippen LogP contribution in [-0.2, 0) is 0 Å². The van der Waals surface area contributed by atoms with Gasteiger partial charge in [0.25, 0.3) is 0 Å². The van der Waals surface area contributed by atoms with E-state index in [0.717, 1.165) is 37.2 Å². The Balaban J connectivity index is 2.08. The fourth-order valence-corrected chi connectivity index (χ4v) is 2.14. The Hall–Kier alpha value is -1.25. The van der Waals surface area contributed by atoms with Crippen molar-refractivity contribution >= 4 is 11.6 Å². The topological polar surface area (TPSA) is 28.2 Å². The molecular weight excluding hydrogens is 222 g/mol. The minimum atomic E-state index is 0.680. The summed E-state index contributed by atoms with van der Waals surface area (Å²) in [6.45, 7) is 8.81. The molecule has 0 spiro atoms. The van der Waals surface area contributed by atoms with Gasteiger partial charge in [0, 0.05) is 19.1 Å². The summed E-state index contributed by atoms with van der Waals surface area (Å²) in [7, 11) is 0. The lowest BCUT2D eigenvalue weighted by atomic mass is 10.2. The van der Waals surface area contributed by atoms with E-state index in [1.54, 1.807) is 0 Å². The Kier molecular flexibility index (Phi) is 4.45. The summed E-state index contributed by atoms with van der Waals surface area (Å²) in [6.07, 6.45) is 3.77. The van der Waals surface area contributed by atoms with Crippen molar-refractivity contribution in [1.29, 1.82) is 0 Å².